The van der Waals surface area contributed by atoms with Crippen LogP contribution in [0.1, 0.15) is 34.3 Å². The van der Waals surface area contributed by atoms with E-state index in [0.717, 1.165) is 23.6 Å². The summed E-state index contributed by atoms with van der Waals surface area (Å²) in [4.78, 5) is 11.8. The molecule has 0 bridgehead atoms. The molecule has 15 heavy (non-hydrogen) atoms. The number of aryl methyl sites for hydroxylation is 1. The molecule has 0 spiro atoms. The first-order valence-electron chi connectivity index (χ1n) is 5.53. The van der Waals surface area contributed by atoms with Gasteiger partial charge in [-0.1, -0.05) is 12.1 Å². The van der Waals surface area contributed by atoms with Gasteiger partial charge in [0.05, 0.1) is 0 Å². The highest BCUT2D eigenvalue weighted by Gasteiger charge is 2.22. The molecule has 0 heterocycles. The molecule has 0 aromatic heterocycles. The number of nitrogens with one attached hydrogen (secondary N) is 1. The molecule has 1 N–H and O–H groups in total. The number of hydrogen-bond acceptors (Lipinski definition) is 1. The van der Waals surface area contributed by atoms with Crippen molar-refractivity contribution in [1.29, 1.82) is 0 Å². The van der Waals surface area contributed by atoms with Gasteiger partial charge in [0, 0.05) is 12.1 Å². The van der Waals surface area contributed by atoms with Crippen molar-refractivity contribution in [3.8, 4) is 0 Å². The molecule has 1 aromatic rings. The van der Waals surface area contributed by atoms with Crippen LogP contribution in [0.5, 0.6) is 0 Å². The van der Waals surface area contributed by atoms with Gasteiger partial charge in [-0.2, -0.15) is 0 Å². The van der Waals surface area contributed by atoms with Crippen LogP contribution in [0.2, 0.25) is 0 Å². The Bertz CT molecular complexity index is 380. The van der Waals surface area contributed by atoms with Crippen LogP contribution in [0.4, 0.5) is 0 Å². The molecule has 2 rings (SSSR count). The van der Waals surface area contributed by atoms with Gasteiger partial charge >= 0.3 is 0 Å². The maximum atomic E-state index is 11.8. The van der Waals surface area contributed by atoms with Crippen molar-refractivity contribution in [3.05, 3.63) is 34.9 Å². The maximum Gasteiger partial charge on any atom is 0.251 e. The SMILES string of the molecule is Cc1cccc(C(=O)NCC2CC2)c1C. The molecule has 80 valence electrons. The third-order valence-corrected chi connectivity index (χ3v) is 3.10. The molecule has 1 fully saturated rings. The molecule has 1 amide bonds. The number of rotatable bonds is 3. The third-order valence-electron chi connectivity index (χ3n) is 3.10. The molecule has 1 aromatic carbocycles. The normalized spacial score (nSPS) is 15.1. The lowest BCUT2D eigenvalue weighted by atomic mass is 10.0. The molecule has 1 aliphatic carbocycles. The number of carbonyl (C=O) groups is 1. The molecule has 0 unspecified atom stereocenters. The fraction of sp³-hybridized carbons (Fsp3) is 0.462. The first-order valence-corrected chi connectivity index (χ1v) is 5.53. The lowest BCUT2D eigenvalue weighted by molar-refractivity contribution is 0.0951. The fourth-order valence-corrected chi connectivity index (χ4v) is 1.65. The van der Waals surface area contributed by atoms with Gasteiger partial charge in [0.1, 0.15) is 0 Å². The molecule has 1 saturated carbocycles. The summed E-state index contributed by atoms with van der Waals surface area (Å²) in [7, 11) is 0. The largest absolute Gasteiger partial charge is 0.352 e. The summed E-state index contributed by atoms with van der Waals surface area (Å²) >= 11 is 0. The summed E-state index contributed by atoms with van der Waals surface area (Å²) in [5, 5.41) is 2.99. The second-order valence-corrected chi connectivity index (χ2v) is 4.40. The maximum absolute atomic E-state index is 11.8. The number of carbonyl (C=O) groups excluding carboxylic acids is 1. The molecule has 0 radical (unpaired) electrons. The van der Waals surface area contributed by atoms with Crippen molar-refractivity contribution >= 4 is 5.91 Å². The van der Waals surface area contributed by atoms with Gasteiger partial charge in [0.2, 0.25) is 0 Å². The summed E-state index contributed by atoms with van der Waals surface area (Å²) in [6.45, 7) is 4.88. The molecule has 2 heteroatoms. The van der Waals surface area contributed by atoms with E-state index in [9.17, 15) is 4.79 Å². The monoisotopic (exact) mass is 203 g/mol. The number of amides is 1. The first kappa shape index (κ1) is 10.2. The quantitative estimate of drug-likeness (QED) is 0.803. The Morgan fingerprint density at radius 2 is 2.13 bits per heavy atom. The Balaban J connectivity index is 2.06. The Morgan fingerprint density at radius 3 is 2.80 bits per heavy atom. The Hall–Kier alpha value is -1.31. The summed E-state index contributed by atoms with van der Waals surface area (Å²) in [6, 6.07) is 5.87. The second-order valence-electron chi connectivity index (χ2n) is 4.40. The van der Waals surface area contributed by atoms with E-state index in [0.29, 0.717) is 0 Å². The zero-order chi connectivity index (χ0) is 10.8. The second kappa shape index (κ2) is 4.05. The zero-order valence-corrected chi connectivity index (χ0v) is 9.34. The summed E-state index contributed by atoms with van der Waals surface area (Å²) in [5.74, 6) is 0.808. The van der Waals surface area contributed by atoms with Crippen molar-refractivity contribution in [1.82, 2.24) is 5.32 Å². The minimum Gasteiger partial charge on any atom is -0.352 e. The van der Waals surface area contributed by atoms with Crippen LogP contribution in [-0.2, 0) is 0 Å². The van der Waals surface area contributed by atoms with Crippen LogP contribution in [0.25, 0.3) is 0 Å². The van der Waals surface area contributed by atoms with E-state index in [4.69, 9.17) is 0 Å². The van der Waals surface area contributed by atoms with Crippen LogP contribution in [0.15, 0.2) is 18.2 Å². The van der Waals surface area contributed by atoms with Gasteiger partial charge < -0.3 is 5.32 Å². The molecular weight excluding hydrogens is 186 g/mol. The molecule has 2 nitrogen and oxygen atoms in total. The van der Waals surface area contributed by atoms with Gasteiger partial charge in [-0.3, -0.25) is 4.79 Å². The van der Waals surface area contributed by atoms with Crippen LogP contribution < -0.4 is 5.32 Å². The van der Waals surface area contributed by atoms with E-state index >= 15 is 0 Å². The average Bonchev–Trinajstić information content (AvgIpc) is 3.02. The van der Waals surface area contributed by atoms with Crippen LogP contribution >= 0.6 is 0 Å². The Labute approximate surface area is 90.7 Å². The van der Waals surface area contributed by atoms with Gasteiger partial charge in [-0.25, -0.2) is 0 Å². The van der Waals surface area contributed by atoms with Crippen molar-refractivity contribution < 1.29 is 4.79 Å². The van der Waals surface area contributed by atoms with Gasteiger partial charge in [-0.15, -0.1) is 0 Å². The minimum atomic E-state index is 0.0723. The van der Waals surface area contributed by atoms with E-state index in [1.54, 1.807) is 0 Å². The highest BCUT2D eigenvalue weighted by molar-refractivity contribution is 5.95. The van der Waals surface area contributed by atoms with Crippen LogP contribution in [0.3, 0.4) is 0 Å². The van der Waals surface area contributed by atoms with E-state index in [-0.39, 0.29) is 5.91 Å². The lowest BCUT2D eigenvalue weighted by Gasteiger charge is -2.08. The summed E-state index contributed by atoms with van der Waals surface area (Å²) < 4.78 is 0. The average molecular weight is 203 g/mol. The first-order chi connectivity index (χ1) is 7.18. The Kier molecular flexibility index (Phi) is 2.76. The smallest absolute Gasteiger partial charge is 0.251 e. The van der Waals surface area contributed by atoms with Crippen molar-refractivity contribution in [3.63, 3.8) is 0 Å². The lowest BCUT2D eigenvalue weighted by Crippen LogP contribution is -2.26. The molecule has 1 aliphatic rings. The molecular formula is C13H17NO. The highest BCUT2D eigenvalue weighted by Crippen LogP contribution is 2.27. The topological polar surface area (TPSA) is 29.1 Å². The number of benzene rings is 1. The van der Waals surface area contributed by atoms with E-state index in [1.165, 1.54) is 18.4 Å². The van der Waals surface area contributed by atoms with Gasteiger partial charge in [0.15, 0.2) is 0 Å². The molecule has 0 saturated heterocycles. The summed E-state index contributed by atoms with van der Waals surface area (Å²) in [5.41, 5.74) is 3.08. The van der Waals surface area contributed by atoms with Crippen molar-refractivity contribution in [2.75, 3.05) is 6.54 Å². The van der Waals surface area contributed by atoms with Gasteiger partial charge in [-0.05, 0) is 49.8 Å². The number of hydrogen-bond donors (Lipinski definition) is 1. The van der Waals surface area contributed by atoms with Crippen molar-refractivity contribution in [2.45, 2.75) is 26.7 Å². The van der Waals surface area contributed by atoms with E-state index < -0.39 is 0 Å². The predicted octanol–water partition coefficient (Wildman–Crippen LogP) is 2.44. The Morgan fingerprint density at radius 1 is 1.40 bits per heavy atom. The third kappa shape index (κ3) is 2.38. The standard InChI is InChI=1S/C13H17NO/c1-9-4-3-5-12(10(9)2)13(15)14-8-11-6-7-11/h3-5,11H,6-8H2,1-2H3,(H,14,15). The van der Waals surface area contributed by atoms with Gasteiger partial charge in [0.25, 0.3) is 5.91 Å². The summed E-state index contributed by atoms with van der Waals surface area (Å²) in [6.07, 6.45) is 2.54. The minimum absolute atomic E-state index is 0.0723. The van der Waals surface area contributed by atoms with Crippen LogP contribution in [0, 0.1) is 19.8 Å². The highest BCUT2D eigenvalue weighted by atomic mass is 16.1. The molecule has 0 atom stereocenters. The zero-order valence-electron chi connectivity index (χ0n) is 9.34. The molecule has 0 aliphatic heterocycles. The fourth-order valence-electron chi connectivity index (χ4n) is 1.65. The predicted molar refractivity (Wildman–Crippen MR) is 61.0 cm³/mol. The van der Waals surface area contributed by atoms with Crippen LogP contribution in [-0.4, -0.2) is 12.5 Å². The van der Waals surface area contributed by atoms with Crippen molar-refractivity contribution in [2.24, 2.45) is 5.92 Å². The van der Waals surface area contributed by atoms with E-state index in [1.807, 2.05) is 32.0 Å². The van der Waals surface area contributed by atoms with E-state index in [2.05, 4.69) is 5.32 Å².